The summed E-state index contributed by atoms with van der Waals surface area (Å²) in [6.45, 7) is 3.66. The molecule has 0 aromatic heterocycles. The van der Waals surface area contributed by atoms with E-state index in [9.17, 15) is 4.79 Å². The first kappa shape index (κ1) is 12.5. The Kier molecular flexibility index (Phi) is 6.00. The molecule has 1 rings (SSSR count). The van der Waals surface area contributed by atoms with Crippen LogP contribution in [0.4, 0.5) is 0 Å². The molecule has 0 unspecified atom stereocenters. The first-order valence-electron chi connectivity index (χ1n) is 5.69. The van der Waals surface area contributed by atoms with Crippen molar-refractivity contribution in [3.05, 3.63) is 43.0 Å². The summed E-state index contributed by atoms with van der Waals surface area (Å²) in [6, 6.07) is 9.18. The predicted octanol–water partition coefficient (Wildman–Crippen LogP) is 3.73. The number of ether oxygens (including phenoxy) is 1. The lowest BCUT2D eigenvalue weighted by atomic mass is 10.1. The van der Waals surface area contributed by atoms with Crippen LogP contribution in [0.25, 0.3) is 0 Å². The molecule has 1 aromatic rings. The van der Waals surface area contributed by atoms with E-state index in [1.54, 1.807) is 12.1 Å². The minimum absolute atomic E-state index is 0.148. The molecule has 0 amide bonds. The van der Waals surface area contributed by atoms with Crippen LogP contribution in [0.15, 0.2) is 43.0 Å². The Balaban J connectivity index is 2.14. The van der Waals surface area contributed by atoms with Gasteiger partial charge in [-0.25, -0.2) is 0 Å². The predicted molar refractivity (Wildman–Crippen MR) is 65.4 cm³/mol. The number of allylic oxidation sites excluding steroid dienone is 1. The van der Waals surface area contributed by atoms with Crippen LogP contribution in [0.2, 0.25) is 0 Å². The van der Waals surface area contributed by atoms with Crippen molar-refractivity contribution >= 4 is 5.97 Å². The number of carbonyl (C=O) groups excluding carboxylic acids is 1. The van der Waals surface area contributed by atoms with Crippen LogP contribution in [0.5, 0.6) is 5.75 Å². The van der Waals surface area contributed by atoms with E-state index in [0.29, 0.717) is 12.2 Å². The molecule has 0 saturated carbocycles. The number of esters is 1. The van der Waals surface area contributed by atoms with E-state index < -0.39 is 0 Å². The molecule has 16 heavy (non-hydrogen) atoms. The highest BCUT2D eigenvalue weighted by molar-refractivity contribution is 5.72. The van der Waals surface area contributed by atoms with Crippen molar-refractivity contribution in [3.8, 4) is 5.75 Å². The van der Waals surface area contributed by atoms with Gasteiger partial charge in [-0.2, -0.15) is 0 Å². The Morgan fingerprint density at radius 3 is 2.62 bits per heavy atom. The van der Waals surface area contributed by atoms with Crippen LogP contribution in [-0.2, 0) is 4.79 Å². The second kappa shape index (κ2) is 7.69. The fraction of sp³-hybridized carbons (Fsp3) is 0.357. The Bertz CT molecular complexity index is 317. The van der Waals surface area contributed by atoms with E-state index in [2.05, 4.69) is 6.58 Å². The van der Waals surface area contributed by atoms with E-state index in [-0.39, 0.29) is 5.97 Å². The molecule has 1 aromatic carbocycles. The fourth-order valence-electron chi connectivity index (χ4n) is 1.41. The monoisotopic (exact) mass is 218 g/mol. The molecule has 86 valence electrons. The van der Waals surface area contributed by atoms with Crippen LogP contribution >= 0.6 is 0 Å². The van der Waals surface area contributed by atoms with Gasteiger partial charge >= 0.3 is 5.97 Å². The smallest absolute Gasteiger partial charge is 0.311 e. The summed E-state index contributed by atoms with van der Waals surface area (Å²) in [5, 5.41) is 0. The fourth-order valence-corrected chi connectivity index (χ4v) is 1.41. The molecule has 2 heteroatoms. The Labute approximate surface area is 96.9 Å². The Morgan fingerprint density at radius 2 is 1.94 bits per heavy atom. The van der Waals surface area contributed by atoms with Gasteiger partial charge in [0, 0.05) is 6.42 Å². The number of hydrogen-bond donors (Lipinski definition) is 0. The highest BCUT2D eigenvalue weighted by atomic mass is 16.5. The quantitative estimate of drug-likeness (QED) is 0.302. The molecule has 0 aliphatic rings. The molecule has 0 atom stereocenters. The topological polar surface area (TPSA) is 26.3 Å². The van der Waals surface area contributed by atoms with Crippen molar-refractivity contribution in [2.24, 2.45) is 0 Å². The average molecular weight is 218 g/mol. The van der Waals surface area contributed by atoms with Gasteiger partial charge in [-0.3, -0.25) is 4.79 Å². The van der Waals surface area contributed by atoms with E-state index in [4.69, 9.17) is 4.74 Å². The summed E-state index contributed by atoms with van der Waals surface area (Å²) in [5.41, 5.74) is 0. The van der Waals surface area contributed by atoms with E-state index >= 15 is 0 Å². The molecule has 0 bridgehead atoms. The van der Waals surface area contributed by atoms with Gasteiger partial charge in [-0.1, -0.05) is 30.7 Å². The maximum Gasteiger partial charge on any atom is 0.311 e. The molecular weight excluding hydrogens is 200 g/mol. The normalized spacial score (nSPS) is 9.75. The third-order valence-electron chi connectivity index (χ3n) is 2.26. The molecule has 0 saturated heterocycles. The lowest BCUT2D eigenvalue weighted by molar-refractivity contribution is -0.134. The first-order chi connectivity index (χ1) is 7.83. The molecule has 0 radical (unpaired) electrons. The maximum atomic E-state index is 11.4. The highest BCUT2D eigenvalue weighted by Gasteiger charge is 2.03. The second-order valence-corrected chi connectivity index (χ2v) is 3.68. The zero-order valence-corrected chi connectivity index (χ0v) is 9.52. The van der Waals surface area contributed by atoms with Gasteiger partial charge < -0.3 is 4.74 Å². The van der Waals surface area contributed by atoms with E-state index in [1.807, 2.05) is 24.3 Å². The molecule has 0 heterocycles. The van der Waals surface area contributed by atoms with Crippen LogP contribution in [0.1, 0.15) is 32.1 Å². The van der Waals surface area contributed by atoms with Crippen molar-refractivity contribution in [3.63, 3.8) is 0 Å². The van der Waals surface area contributed by atoms with Crippen molar-refractivity contribution in [2.45, 2.75) is 32.1 Å². The zero-order chi connectivity index (χ0) is 11.6. The number of hydrogen-bond acceptors (Lipinski definition) is 2. The second-order valence-electron chi connectivity index (χ2n) is 3.68. The first-order valence-corrected chi connectivity index (χ1v) is 5.69. The molecule has 0 N–H and O–H groups in total. The van der Waals surface area contributed by atoms with Crippen molar-refractivity contribution in [1.82, 2.24) is 0 Å². The summed E-state index contributed by atoms with van der Waals surface area (Å²) in [7, 11) is 0. The van der Waals surface area contributed by atoms with Crippen molar-refractivity contribution in [1.29, 1.82) is 0 Å². The van der Waals surface area contributed by atoms with Crippen molar-refractivity contribution in [2.75, 3.05) is 0 Å². The average Bonchev–Trinajstić information content (AvgIpc) is 2.30. The minimum Gasteiger partial charge on any atom is -0.427 e. The third kappa shape index (κ3) is 5.35. The summed E-state index contributed by atoms with van der Waals surface area (Å²) in [6.07, 6.45) is 6.46. The van der Waals surface area contributed by atoms with Crippen LogP contribution in [0, 0.1) is 0 Å². The van der Waals surface area contributed by atoms with Gasteiger partial charge in [0.1, 0.15) is 5.75 Å². The number of unbranched alkanes of at least 4 members (excludes halogenated alkanes) is 3. The van der Waals surface area contributed by atoms with Gasteiger partial charge in [-0.15, -0.1) is 6.58 Å². The summed E-state index contributed by atoms with van der Waals surface area (Å²) >= 11 is 0. The molecular formula is C14H18O2. The molecule has 0 aliphatic carbocycles. The molecule has 2 nitrogen and oxygen atoms in total. The standard InChI is InChI=1S/C14H18O2/c1-2-3-4-5-9-12-14(15)16-13-10-7-6-8-11-13/h2,6-8,10-11H,1,3-5,9,12H2. The molecule has 0 aliphatic heterocycles. The number of benzene rings is 1. The lowest BCUT2D eigenvalue weighted by Gasteiger charge is -2.03. The summed E-state index contributed by atoms with van der Waals surface area (Å²) < 4.78 is 5.16. The van der Waals surface area contributed by atoms with Crippen LogP contribution in [0.3, 0.4) is 0 Å². The van der Waals surface area contributed by atoms with Crippen molar-refractivity contribution < 1.29 is 9.53 Å². The lowest BCUT2D eigenvalue weighted by Crippen LogP contribution is -2.07. The van der Waals surface area contributed by atoms with E-state index in [1.165, 1.54) is 0 Å². The largest absolute Gasteiger partial charge is 0.427 e. The molecule has 0 spiro atoms. The maximum absolute atomic E-state index is 11.4. The number of para-hydroxylation sites is 1. The summed E-state index contributed by atoms with van der Waals surface area (Å²) in [5.74, 6) is 0.475. The van der Waals surface area contributed by atoms with E-state index in [0.717, 1.165) is 25.7 Å². The highest BCUT2D eigenvalue weighted by Crippen LogP contribution is 2.11. The summed E-state index contributed by atoms with van der Waals surface area (Å²) in [4.78, 5) is 11.4. The van der Waals surface area contributed by atoms with Crippen LogP contribution < -0.4 is 4.74 Å². The SMILES string of the molecule is C=CCCCCCC(=O)Oc1ccccc1. The van der Waals surface area contributed by atoms with Gasteiger partial charge in [0.15, 0.2) is 0 Å². The van der Waals surface area contributed by atoms with Gasteiger partial charge in [0.2, 0.25) is 0 Å². The Hall–Kier alpha value is -1.57. The number of rotatable bonds is 7. The molecule has 0 fully saturated rings. The van der Waals surface area contributed by atoms with Crippen LogP contribution in [-0.4, -0.2) is 5.97 Å². The minimum atomic E-state index is -0.148. The zero-order valence-electron chi connectivity index (χ0n) is 9.52. The third-order valence-corrected chi connectivity index (χ3v) is 2.26. The van der Waals surface area contributed by atoms with Gasteiger partial charge in [0.05, 0.1) is 0 Å². The van der Waals surface area contributed by atoms with Gasteiger partial charge in [0.25, 0.3) is 0 Å². The number of carbonyl (C=O) groups is 1. The van der Waals surface area contributed by atoms with Gasteiger partial charge in [-0.05, 0) is 31.4 Å². The Morgan fingerprint density at radius 1 is 1.19 bits per heavy atom.